The lowest BCUT2D eigenvalue weighted by Crippen LogP contribution is -2.49. The van der Waals surface area contributed by atoms with Crippen molar-refractivity contribution in [3.8, 4) is 11.5 Å². The minimum atomic E-state index is 0.176. The number of carbonyl (C=O) groups excluding carboxylic acids is 1. The van der Waals surface area contributed by atoms with Crippen LogP contribution in [0.4, 0.5) is 0 Å². The molecule has 0 saturated carbocycles. The fourth-order valence-corrected chi connectivity index (χ4v) is 3.94. The number of nitrogens with one attached hydrogen (secondary N) is 1. The van der Waals surface area contributed by atoms with E-state index in [1.165, 1.54) is 11.1 Å². The van der Waals surface area contributed by atoms with Crippen molar-refractivity contribution in [2.24, 2.45) is 5.92 Å². The van der Waals surface area contributed by atoms with Crippen molar-refractivity contribution in [3.05, 3.63) is 23.3 Å². The van der Waals surface area contributed by atoms with Gasteiger partial charge < -0.3 is 19.7 Å². The number of nitrogens with zero attached hydrogens (tertiary/aromatic N) is 1. The summed E-state index contributed by atoms with van der Waals surface area (Å²) in [5, 5.41) is 3.69. The van der Waals surface area contributed by atoms with E-state index in [2.05, 4.69) is 31.3 Å². The number of carbonyl (C=O) groups is 1. The van der Waals surface area contributed by atoms with Crippen LogP contribution in [0.3, 0.4) is 0 Å². The highest BCUT2D eigenvalue weighted by Gasteiger charge is 2.28. The smallest absolute Gasteiger partial charge is 0.219 e. The van der Waals surface area contributed by atoms with Crippen LogP contribution in [0.15, 0.2) is 12.1 Å². The van der Waals surface area contributed by atoms with Crippen molar-refractivity contribution in [1.29, 1.82) is 0 Å². The highest BCUT2D eigenvalue weighted by atomic mass is 16.5. The van der Waals surface area contributed by atoms with E-state index in [1.54, 1.807) is 6.92 Å². The second kappa shape index (κ2) is 7.65. The first-order valence-electron chi connectivity index (χ1n) is 9.42. The number of benzene rings is 1. The molecule has 0 aliphatic carbocycles. The van der Waals surface area contributed by atoms with Gasteiger partial charge in [-0.2, -0.15) is 0 Å². The number of hydrogen-bond donors (Lipinski definition) is 1. The standard InChI is InChI=1S/C20H30N2O3/c1-5-24-18-9-16-8-14(3)25-20(16)17(10-18)11-21-19-6-7-22(15(4)23)12-13(19)2/h9-10,13-14,19,21H,5-8,11-12H2,1-4H3/t13-,14+,19-/m1/s1. The van der Waals surface area contributed by atoms with Crippen molar-refractivity contribution in [2.75, 3.05) is 19.7 Å². The van der Waals surface area contributed by atoms with E-state index in [9.17, 15) is 4.79 Å². The summed E-state index contributed by atoms with van der Waals surface area (Å²) in [5.41, 5.74) is 2.42. The molecule has 5 nitrogen and oxygen atoms in total. The second-order valence-electron chi connectivity index (χ2n) is 7.35. The third-order valence-electron chi connectivity index (χ3n) is 5.26. The highest BCUT2D eigenvalue weighted by Crippen LogP contribution is 2.36. The molecule has 1 N–H and O–H groups in total. The zero-order valence-corrected chi connectivity index (χ0v) is 15.8. The van der Waals surface area contributed by atoms with Crippen LogP contribution in [-0.4, -0.2) is 42.6 Å². The zero-order chi connectivity index (χ0) is 18.0. The van der Waals surface area contributed by atoms with E-state index in [0.29, 0.717) is 18.6 Å². The third-order valence-corrected chi connectivity index (χ3v) is 5.26. The van der Waals surface area contributed by atoms with Crippen LogP contribution in [0.2, 0.25) is 0 Å². The van der Waals surface area contributed by atoms with Crippen LogP contribution < -0.4 is 14.8 Å². The molecule has 0 bridgehead atoms. The molecule has 1 fully saturated rings. The summed E-state index contributed by atoms with van der Waals surface area (Å²) in [5.74, 6) is 2.57. The van der Waals surface area contributed by atoms with Crippen LogP contribution >= 0.6 is 0 Å². The SMILES string of the molecule is CCOc1cc(CN[C@@H]2CCN(C(C)=O)C[C@H]2C)c2c(c1)C[C@H](C)O2. The van der Waals surface area contributed by atoms with Crippen LogP contribution in [0.5, 0.6) is 11.5 Å². The molecule has 0 spiro atoms. The molecule has 2 heterocycles. The maximum Gasteiger partial charge on any atom is 0.219 e. The molecule has 1 saturated heterocycles. The number of rotatable bonds is 5. The minimum absolute atomic E-state index is 0.176. The summed E-state index contributed by atoms with van der Waals surface area (Å²) in [6.07, 6.45) is 2.16. The number of hydrogen-bond acceptors (Lipinski definition) is 4. The molecule has 138 valence electrons. The van der Waals surface area contributed by atoms with E-state index in [4.69, 9.17) is 9.47 Å². The molecular weight excluding hydrogens is 316 g/mol. The third kappa shape index (κ3) is 4.09. The average Bonchev–Trinajstić information content (AvgIpc) is 2.94. The largest absolute Gasteiger partial charge is 0.494 e. The molecule has 0 radical (unpaired) electrons. The van der Waals surface area contributed by atoms with E-state index in [-0.39, 0.29) is 12.0 Å². The Bertz CT molecular complexity index is 632. The molecule has 3 atom stereocenters. The van der Waals surface area contributed by atoms with Gasteiger partial charge in [0.1, 0.15) is 17.6 Å². The lowest BCUT2D eigenvalue weighted by Gasteiger charge is -2.37. The Morgan fingerprint density at radius 2 is 2.20 bits per heavy atom. The summed E-state index contributed by atoms with van der Waals surface area (Å²) < 4.78 is 11.8. The van der Waals surface area contributed by atoms with E-state index < -0.39 is 0 Å². The Kier molecular flexibility index (Phi) is 5.52. The fraction of sp³-hybridized carbons (Fsp3) is 0.650. The minimum Gasteiger partial charge on any atom is -0.494 e. The maximum atomic E-state index is 11.6. The molecule has 1 aromatic rings. The van der Waals surface area contributed by atoms with Gasteiger partial charge in [0.25, 0.3) is 0 Å². The van der Waals surface area contributed by atoms with Gasteiger partial charge in [-0.1, -0.05) is 6.92 Å². The molecular formula is C20H30N2O3. The van der Waals surface area contributed by atoms with Crippen molar-refractivity contribution >= 4 is 5.91 Å². The topological polar surface area (TPSA) is 50.8 Å². The quantitative estimate of drug-likeness (QED) is 0.891. The van der Waals surface area contributed by atoms with Gasteiger partial charge in [0.2, 0.25) is 5.91 Å². The number of amides is 1. The van der Waals surface area contributed by atoms with Crippen molar-refractivity contribution in [1.82, 2.24) is 10.2 Å². The Hall–Kier alpha value is -1.75. The Morgan fingerprint density at radius 1 is 1.40 bits per heavy atom. The van der Waals surface area contributed by atoms with Crippen molar-refractivity contribution in [3.63, 3.8) is 0 Å². The number of fused-ring (bicyclic) bond motifs is 1. The zero-order valence-electron chi connectivity index (χ0n) is 15.8. The van der Waals surface area contributed by atoms with E-state index >= 15 is 0 Å². The summed E-state index contributed by atoms with van der Waals surface area (Å²) >= 11 is 0. The molecule has 3 rings (SSSR count). The number of ether oxygens (including phenoxy) is 2. The Balaban J connectivity index is 1.68. The van der Waals surface area contributed by atoms with Crippen LogP contribution in [-0.2, 0) is 17.8 Å². The van der Waals surface area contributed by atoms with Crippen LogP contribution in [0.1, 0.15) is 45.2 Å². The summed E-state index contributed by atoms with van der Waals surface area (Å²) in [6.45, 7) is 11.1. The van der Waals surface area contributed by atoms with Gasteiger partial charge in [0.05, 0.1) is 6.61 Å². The summed E-state index contributed by atoms with van der Waals surface area (Å²) in [7, 11) is 0. The lowest BCUT2D eigenvalue weighted by molar-refractivity contribution is -0.130. The van der Waals surface area contributed by atoms with Gasteiger partial charge in [-0.05, 0) is 38.3 Å². The molecule has 1 amide bonds. The Labute approximate surface area is 150 Å². The van der Waals surface area contributed by atoms with Crippen molar-refractivity contribution < 1.29 is 14.3 Å². The predicted octanol–water partition coefficient (Wildman–Crippen LogP) is 2.76. The highest BCUT2D eigenvalue weighted by molar-refractivity contribution is 5.73. The fourth-order valence-electron chi connectivity index (χ4n) is 3.94. The Morgan fingerprint density at radius 3 is 2.88 bits per heavy atom. The first-order chi connectivity index (χ1) is 12.0. The molecule has 1 aromatic carbocycles. The van der Waals surface area contributed by atoms with Gasteiger partial charge in [0, 0.05) is 50.1 Å². The lowest BCUT2D eigenvalue weighted by atomic mass is 9.93. The van der Waals surface area contributed by atoms with Crippen LogP contribution in [0.25, 0.3) is 0 Å². The average molecular weight is 346 g/mol. The van der Waals surface area contributed by atoms with Crippen molar-refractivity contribution in [2.45, 2.75) is 59.2 Å². The monoisotopic (exact) mass is 346 g/mol. The molecule has 2 aliphatic rings. The first-order valence-corrected chi connectivity index (χ1v) is 9.42. The summed E-state index contributed by atoms with van der Waals surface area (Å²) in [4.78, 5) is 13.5. The predicted molar refractivity (Wildman–Crippen MR) is 98.1 cm³/mol. The summed E-state index contributed by atoms with van der Waals surface area (Å²) in [6, 6.07) is 4.63. The van der Waals surface area contributed by atoms with Gasteiger partial charge in [-0.3, -0.25) is 4.79 Å². The molecule has 5 heteroatoms. The molecule has 0 unspecified atom stereocenters. The van der Waals surface area contributed by atoms with Crippen LogP contribution in [0, 0.1) is 5.92 Å². The normalized spacial score (nSPS) is 25.4. The van der Waals surface area contributed by atoms with Gasteiger partial charge >= 0.3 is 0 Å². The molecule has 0 aromatic heterocycles. The first kappa shape index (κ1) is 18.1. The van der Waals surface area contributed by atoms with Gasteiger partial charge in [-0.25, -0.2) is 0 Å². The molecule has 25 heavy (non-hydrogen) atoms. The number of likely N-dealkylation sites (tertiary alicyclic amines) is 1. The molecule has 2 aliphatic heterocycles. The number of piperidine rings is 1. The van der Waals surface area contributed by atoms with Gasteiger partial charge in [-0.15, -0.1) is 0 Å². The second-order valence-corrected chi connectivity index (χ2v) is 7.35. The van der Waals surface area contributed by atoms with Gasteiger partial charge in [0.15, 0.2) is 0 Å². The van der Waals surface area contributed by atoms with E-state index in [1.807, 2.05) is 11.8 Å². The maximum absolute atomic E-state index is 11.6. The van der Waals surface area contributed by atoms with E-state index in [0.717, 1.165) is 44.0 Å².